The molecule has 32 heavy (non-hydrogen) atoms. The Kier molecular flexibility index (Phi) is 6.99. The molecule has 2 heterocycles. The molecule has 170 valence electrons. The Balaban J connectivity index is 1.47. The van der Waals surface area contributed by atoms with Crippen LogP contribution in [-0.4, -0.2) is 58.4 Å². The summed E-state index contributed by atoms with van der Waals surface area (Å²) in [6, 6.07) is 14.9. The average Bonchev–Trinajstić information content (AvgIpc) is 3.27. The number of aromatic nitrogens is 4. The van der Waals surface area contributed by atoms with Crippen molar-refractivity contribution < 1.29 is 9.13 Å². The number of methoxy groups -OCH3 is 1. The fourth-order valence-corrected chi connectivity index (χ4v) is 4.27. The molecule has 1 saturated heterocycles. The Hall–Kier alpha value is -3.00. The molecule has 3 aromatic rings. The molecule has 0 N–H and O–H groups in total. The zero-order valence-corrected chi connectivity index (χ0v) is 19.0. The van der Waals surface area contributed by atoms with Gasteiger partial charge in [-0.25, -0.2) is 9.07 Å². The van der Waals surface area contributed by atoms with E-state index in [-0.39, 0.29) is 11.9 Å². The number of anilines is 1. The van der Waals surface area contributed by atoms with Crippen LogP contribution in [0.2, 0.25) is 0 Å². The Labute approximate surface area is 188 Å². The number of piperazine rings is 1. The van der Waals surface area contributed by atoms with Crippen LogP contribution in [-0.2, 0) is 6.54 Å². The van der Waals surface area contributed by atoms with Crippen molar-refractivity contribution in [3.8, 4) is 5.75 Å². The molecule has 0 spiro atoms. The summed E-state index contributed by atoms with van der Waals surface area (Å²) in [7, 11) is 1.69. The first-order chi connectivity index (χ1) is 15.5. The second kappa shape index (κ2) is 10.1. The lowest BCUT2D eigenvalue weighted by molar-refractivity contribution is 0.153. The van der Waals surface area contributed by atoms with Crippen LogP contribution in [0.3, 0.4) is 0 Å². The Morgan fingerprint density at radius 1 is 0.969 bits per heavy atom. The maximum absolute atomic E-state index is 13.3. The van der Waals surface area contributed by atoms with Crippen LogP contribution >= 0.6 is 0 Å². The number of halogens is 1. The van der Waals surface area contributed by atoms with E-state index in [9.17, 15) is 4.39 Å². The number of benzene rings is 2. The highest BCUT2D eigenvalue weighted by Gasteiger charge is 2.30. The predicted octanol–water partition coefficient (Wildman–Crippen LogP) is 3.78. The third kappa shape index (κ3) is 5.24. The van der Waals surface area contributed by atoms with Gasteiger partial charge in [0.2, 0.25) is 0 Å². The van der Waals surface area contributed by atoms with E-state index >= 15 is 0 Å². The zero-order chi connectivity index (χ0) is 22.5. The highest BCUT2D eigenvalue weighted by atomic mass is 19.1. The van der Waals surface area contributed by atoms with Crippen LogP contribution < -0.4 is 9.64 Å². The van der Waals surface area contributed by atoms with Crippen LogP contribution in [0, 0.1) is 11.7 Å². The van der Waals surface area contributed by atoms with Gasteiger partial charge in [-0.3, -0.25) is 4.90 Å². The third-order valence-corrected chi connectivity index (χ3v) is 5.99. The van der Waals surface area contributed by atoms with Gasteiger partial charge in [-0.05, 0) is 64.7 Å². The monoisotopic (exact) mass is 438 g/mol. The van der Waals surface area contributed by atoms with Gasteiger partial charge in [-0.15, -0.1) is 5.10 Å². The molecule has 0 unspecified atom stereocenters. The van der Waals surface area contributed by atoms with Gasteiger partial charge in [0.25, 0.3) is 0 Å². The SMILES string of the molecule is COc1ccc(N2CCN([C@@H](CC(C)C)c3nnnn3Cc3ccc(F)cc3)CC2)cc1. The second-order valence-corrected chi connectivity index (χ2v) is 8.69. The minimum Gasteiger partial charge on any atom is -0.497 e. The van der Waals surface area contributed by atoms with Crippen molar-refractivity contribution in [2.24, 2.45) is 5.92 Å². The Morgan fingerprint density at radius 2 is 1.66 bits per heavy atom. The van der Waals surface area contributed by atoms with Crippen LogP contribution in [0.5, 0.6) is 5.75 Å². The number of hydrogen-bond acceptors (Lipinski definition) is 6. The van der Waals surface area contributed by atoms with E-state index in [0.717, 1.165) is 49.7 Å². The van der Waals surface area contributed by atoms with E-state index in [4.69, 9.17) is 4.74 Å². The van der Waals surface area contributed by atoms with E-state index in [2.05, 4.69) is 51.3 Å². The average molecular weight is 439 g/mol. The Morgan fingerprint density at radius 3 is 2.28 bits per heavy atom. The van der Waals surface area contributed by atoms with E-state index in [1.807, 2.05) is 16.8 Å². The lowest BCUT2D eigenvalue weighted by Crippen LogP contribution is -2.48. The van der Waals surface area contributed by atoms with Gasteiger partial charge in [-0.1, -0.05) is 26.0 Å². The molecule has 0 amide bonds. The van der Waals surface area contributed by atoms with E-state index in [0.29, 0.717) is 12.5 Å². The minimum absolute atomic E-state index is 0.142. The van der Waals surface area contributed by atoms with Crippen LogP contribution in [0.25, 0.3) is 0 Å². The number of tetrazole rings is 1. The molecule has 1 aliphatic rings. The molecule has 2 aromatic carbocycles. The van der Waals surface area contributed by atoms with E-state index in [1.165, 1.54) is 17.8 Å². The van der Waals surface area contributed by atoms with Crippen LogP contribution in [0.15, 0.2) is 48.5 Å². The summed E-state index contributed by atoms with van der Waals surface area (Å²) in [6.45, 7) is 8.76. The van der Waals surface area contributed by atoms with Gasteiger partial charge >= 0.3 is 0 Å². The largest absolute Gasteiger partial charge is 0.497 e. The first-order valence-electron chi connectivity index (χ1n) is 11.2. The molecule has 1 atom stereocenters. The first kappa shape index (κ1) is 22.2. The molecule has 1 aliphatic heterocycles. The highest BCUT2D eigenvalue weighted by Crippen LogP contribution is 2.29. The van der Waals surface area contributed by atoms with Crippen molar-refractivity contribution in [2.75, 3.05) is 38.2 Å². The number of nitrogens with zero attached hydrogens (tertiary/aromatic N) is 6. The standard InChI is InChI=1S/C24H31FN6O/c1-18(2)16-23(24-26-27-28-31(24)17-19-4-6-20(25)7-5-19)30-14-12-29(13-15-30)21-8-10-22(32-3)11-9-21/h4-11,18,23H,12-17H2,1-3H3/t23-/m0/s1. The Bertz CT molecular complexity index is 980. The predicted molar refractivity (Wildman–Crippen MR) is 122 cm³/mol. The van der Waals surface area contributed by atoms with Crippen molar-refractivity contribution in [1.29, 1.82) is 0 Å². The van der Waals surface area contributed by atoms with Crippen LogP contribution in [0.1, 0.15) is 37.7 Å². The van der Waals surface area contributed by atoms with E-state index < -0.39 is 0 Å². The van der Waals surface area contributed by atoms with Crippen LogP contribution in [0.4, 0.5) is 10.1 Å². The molecule has 0 aliphatic carbocycles. The molecule has 1 fully saturated rings. The van der Waals surface area contributed by atoms with Crippen molar-refractivity contribution in [1.82, 2.24) is 25.1 Å². The first-order valence-corrected chi connectivity index (χ1v) is 11.2. The lowest BCUT2D eigenvalue weighted by Gasteiger charge is -2.40. The third-order valence-electron chi connectivity index (χ3n) is 5.99. The van der Waals surface area contributed by atoms with Crippen molar-refractivity contribution in [2.45, 2.75) is 32.9 Å². The highest BCUT2D eigenvalue weighted by molar-refractivity contribution is 5.49. The van der Waals surface area contributed by atoms with Crippen molar-refractivity contribution >= 4 is 5.69 Å². The zero-order valence-electron chi connectivity index (χ0n) is 19.0. The fraction of sp³-hybridized carbons (Fsp3) is 0.458. The second-order valence-electron chi connectivity index (χ2n) is 8.69. The summed E-state index contributed by atoms with van der Waals surface area (Å²) in [5.74, 6) is 2.02. The maximum Gasteiger partial charge on any atom is 0.168 e. The van der Waals surface area contributed by atoms with Crippen molar-refractivity contribution in [3.63, 3.8) is 0 Å². The molecule has 4 rings (SSSR count). The summed E-state index contributed by atoms with van der Waals surface area (Å²) in [5, 5.41) is 12.6. The number of ether oxygens (including phenoxy) is 1. The van der Waals surface area contributed by atoms with Gasteiger partial charge in [0, 0.05) is 31.9 Å². The maximum atomic E-state index is 13.3. The fourth-order valence-electron chi connectivity index (χ4n) is 4.27. The molecule has 1 aromatic heterocycles. The van der Waals surface area contributed by atoms with Gasteiger partial charge in [0.15, 0.2) is 5.82 Å². The molecular formula is C24H31FN6O. The molecule has 8 heteroatoms. The van der Waals surface area contributed by atoms with Crippen molar-refractivity contribution in [3.05, 3.63) is 65.7 Å². The summed E-state index contributed by atoms with van der Waals surface area (Å²) in [5.41, 5.74) is 2.19. The smallest absolute Gasteiger partial charge is 0.168 e. The molecule has 0 bridgehead atoms. The van der Waals surface area contributed by atoms with Gasteiger partial charge in [0.05, 0.1) is 19.7 Å². The van der Waals surface area contributed by atoms with Gasteiger partial charge < -0.3 is 9.64 Å². The van der Waals surface area contributed by atoms with Gasteiger partial charge in [-0.2, -0.15) is 0 Å². The summed E-state index contributed by atoms with van der Waals surface area (Å²) < 4.78 is 20.4. The molecule has 0 radical (unpaired) electrons. The minimum atomic E-state index is -0.238. The molecule has 7 nitrogen and oxygen atoms in total. The summed E-state index contributed by atoms with van der Waals surface area (Å²) >= 11 is 0. The van der Waals surface area contributed by atoms with E-state index in [1.54, 1.807) is 19.2 Å². The molecular weight excluding hydrogens is 407 g/mol. The molecule has 0 saturated carbocycles. The topological polar surface area (TPSA) is 59.3 Å². The quantitative estimate of drug-likeness (QED) is 0.534. The number of rotatable bonds is 8. The summed E-state index contributed by atoms with van der Waals surface area (Å²) in [4.78, 5) is 4.90. The summed E-state index contributed by atoms with van der Waals surface area (Å²) in [6.07, 6.45) is 0.978. The number of hydrogen-bond donors (Lipinski definition) is 0. The normalized spacial score (nSPS) is 15.8. The lowest BCUT2D eigenvalue weighted by atomic mass is 10.0. The van der Waals surface area contributed by atoms with Gasteiger partial charge in [0.1, 0.15) is 11.6 Å².